The molecule has 1 unspecified atom stereocenters. The van der Waals surface area contributed by atoms with Gasteiger partial charge < -0.3 is 10.4 Å². The van der Waals surface area contributed by atoms with E-state index in [0.29, 0.717) is 6.54 Å². The Bertz CT molecular complexity index is 227. The Morgan fingerprint density at radius 3 is 2.53 bits per heavy atom. The van der Waals surface area contributed by atoms with Crippen LogP contribution in [0, 0.1) is 0 Å². The molecule has 86 valence electrons. The maximum atomic E-state index is 11.2. The van der Waals surface area contributed by atoms with Gasteiger partial charge in [0.25, 0.3) is 0 Å². The first-order valence-electron chi connectivity index (χ1n) is 5.37. The zero-order valence-electron chi connectivity index (χ0n) is 9.03. The summed E-state index contributed by atoms with van der Waals surface area (Å²) in [4.78, 5) is 23.6. The van der Waals surface area contributed by atoms with Crippen molar-refractivity contribution in [2.75, 3.05) is 19.6 Å². The first-order chi connectivity index (χ1) is 7.15. The van der Waals surface area contributed by atoms with E-state index in [1.807, 2.05) is 6.92 Å². The van der Waals surface area contributed by atoms with Gasteiger partial charge in [0.05, 0.1) is 12.6 Å². The van der Waals surface area contributed by atoms with E-state index in [2.05, 4.69) is 5.32 Å². The van der Waals surface area contributed by atoms with E-state index in [4.69, 9.17) is 0 Å². The number of likely N-dealkylation sites (tertiary alicyclic amines) is 1. The molecule has 15 heavy (non-hydrogen) atoms. The third-order valence-electron chi connectivity index (χ3n) is 2.35. The summed E-state index contributed by atoms with van der Waals surface area (Å²) in [5.41, 5.74) is 0. The quantitative estimate of drug-likeness (QED) is 0.462. The number of nitrogens with one attached hydrogen (secondary N) is 1. The largest absolute Gasteiger partial charge is 0.390 e. The number of hydrogen-bond acceptors (Lipinski definition) is 4. The highest BCUT2D eigenvalue weighted by molar-refractivity contribution is 6.01. The van der Waals surface area contributed by atoms with Crippen LogP contribution in [-0.2, 0) is 9.59 Å². The molecule has 0 aliphatic carbocycles. The highest BCUT2D eigenvalue weighted by atomic mass is 16.3. The number of imide groups is 1. The number of carbonyl (C=O) groups is 2. The van der Waals surface area contributed by atoms with E-state index in [-0.39, 0.29) is 31.2 Å². The lowest BCUT2D eigenvalue weighted by Crippen LogP contribution is -2.41. The van der Waals surface area contributed by atoms with E-state index < -0.39 is 6.10 Å². The predicted molar refractivity (Wildman–Crippen MR) is 55.1 cm³/mol. The molecular formula is C10H18N2O3. The molecule has 5 heteroatoms. The Kier molecular flexibility index (Phi) is 4.71. The van der Waals surface area contributed by atoms with Crippen LogP contribution < -0.4 is 5.32 Å². The molecule has 1 aliphatic rings. The van der Waals surface area contributed by atoms with Crippen molar-refractivity contribution in [2.24, 2.45) is 0 Å². The highest BCUT2D eigenvalue weighted by Crippen LogP contribution is 2.11. The zero-order valence-corrected chi connectivity index (χ0v) is 9.03. The van der Waals surface area contributed by atoms with Crippen molar-refractivity contribution in [3.63, 3.8) is 0 Å². The Hall–Kier alpha value is -0.940. The summed E-state index contributed by atoms with van der Waals surface area (Å²) in [7, 11) is 0. The topological polar surface area (TPSA) is 69.6 Å². The fourth-order valence-corrected chi connectivity index (χ4v) is 1.55. The summed E-state index contributed by atoms with van der Waals surface area (Å²) < 4.78 is 0. The number of aliphatic hydroxyl groups is 1. The molecule has 1 aliphatic heterocycles. The zero-order chi connectivity index (χ0) is 11.3. The second-order valence-corrected chi connectivity index (χ2v) is 3.76. The van der Waals surface area contributed by atoms with Crippen LogP contribution in [0.25, 0.3) is 0 Å². The van der Waals surface area contributed by atoms with Gasteiger partial charge in [-0.05, 0) is 13.0 Å². The van der Waals surface area contributed by atoms with Crippen LogP contribution in [0.15, 0.2) is 0 Å². The normalized spacial score (nSPS) is 18.7. The van der Waals surface area contributed by atoms with Gasteiger partial charge in [0.2, 0.25) is 11.8 Å². The molecule has 0 radical (unpaired) electrons. The Morgan fingerprint density at radius 1 is 1.40 bits per heavy atom. The van der Waals surface area contributed by atoms with E-state index in [9.17, 15) is 14.7 Å². The van der Waals surface area contributed by atoms with Crippen molar-refractivity contribution >= 4 is 11.8 Å². The molecule has 1 saturated heterocycles. The third kappa shape index (κ3) is 3.60. The maximum Gasteiger partial charge on any atom is 0.229 e. The molecule has 0 saturated carbocycles. The number of hydrogen-bond donors (Lipinski definition) is 2. The van der Waals surface area contributed by atoms with Crippen molar-refractivity contribution in [1.29, 1.82) is 0 Å². The molecule has 0 bridgehead atoms. The van der Waals surface area contributed by atoms with Gasteiger partial charge in [-0.3, -0.25) is 14.5 Å². The first kappa shape index (κ1) is 12.1. The summed E-state index contributed by atoms with van der Waals surface area (Å²) >= 11 is 0. The molecule has 0 aromatic carbocycles. The maximum absolute atomic E-state index is 11.2. The Balaban J connectivity index is 2.27. The second-order valence-electron chi connectivity index (χ2n) is 3.76. The summed E-state index contributed by atoms with van der Waals surface area (Å²) in [6.45, 7) is 3.41. The monoisotopic (exact) mass is 214 g/mol. The van der Waals surface area contributed by atoms with Gasteiger partial charge in [-0.25, -0.2) is 0 Å². The molecule has 1 fully saturated rings. The average molecular weight is 214 g/mol. The second kappa shape index (κ2) is 5.82. The minimum absolute atomic E-state index is 0.119. The standard InChI is InChI=1S/C10H18N2O3/c1-2-5-11-6-8(13)7-12-9(14)3-4-10(12)15/h8,11,13H,2-7H2,1H3. The van der Waals surface area contributed by atoms with Crippen LogP contribution in [0.1, 0.15) is 26.2 Å². The van der Waals surface area contributed by atoms with Crippen molar-refractivity contribution in [1.82, 2.24) is 10.2 Å². The van der Waals surface area contributed by atoms with Crippen LogP contribution in [-0.4, -0.2) is 47.6 Å². The van der Waals surface area contributed by atoms with E-state index >= 15 is 0 Å². The van der Waals surface area contributed by atoms with Crippen molar-refractivity contribution in [2.45, 2.75) is 32.3 Å². The lowest BCUT2D eigenvalue weighted by Gasteiger charge is -2.18. The lowest BCUT2D eigenvalue weighted by atomic mass is 10.3. The summed E-state index contributed by atoms with van der Waals surface area (Å²) in [5, 5.41) is 12.6. The fraction of sp³-hybridized carbons (Fsp3) is 0.800. The highest BCUT2D eigenvalue weighted by Gasteiger charge is 2.30. The lowest BCUT2D eigenvalue weighted by molar-refractivity contribution is -0.139. The minimum atomic E-state index is -0.664. The molecule has 0 aromatic heterocycles. The number of nitrogens with zero attached hydrogens (tertiary/aromatic N) is 1. The number of aliphatic hydroxyl groups excluding tert-OH is 1. The van der Waals surface area contributed by atoms with Gasteiger partial charge in [-0.15, -0.1) is 0 Å². The fourth-order valence-electron chi connectivity index (χ4n) is 1.55. The van der Waals surface area contributed by atoms with E-state index in [1.54, 1.807) is 0 Å². The number of rotatable bonds is 6. The molecule has 1 rings (SSSR count). The first-order valence-corrected chi connectivity index (χ1v) is 5.37. The third-order valence-corrected chi connectivity index (χ3v) is 2.35. The van der Waals surface area contributed by atoms with Gasteiger partial charge in [0.15, 0.2) is 0 Å². The summed E-state index contributed by atoms with van der Waals surface area (Å²) in [6, 6.07) is 0. The van der Waals surface area contributed by atoms with Crippen LogP contribution in [0.3, 0.4) is 0 Å². The van der Waals surface area contributed by atoms with Crippen molar-refractivity contribution in [3.8, 4) is 0 Å². The van der Waals surface area contributed by atoms with Crippen LogP contribution in [0.5, 0.6) is 0 Å². The van der Waals surface area contributed by atoms with Gasteiger partial charge in [0, 0.05) is 19.4 Å². The SMILES string of the molecule is CCCNCC(O)CN1C(=O)CCC1=O. The van der Waals surface area contributed by atoms with Gasteiger partial charge in [0.1, 0.15) is 0 Å². The average Bonchev–Trinajstić information content (AvgIpc) is 2.50. The number of amides is 2. The summed E-state index contributed by atoms with van der Waals surface area (Å²) in [6.07, 6.45) is 0.901. The van der Waals surface area contributed by atoms with Crippen LogP contribution in [0.4, 0.5) is 0 Å². The molecule has 5 nitrogen and oxygen atoms in total. The minimum Gasteiger partial charge on any atom is -0.390 e. The predicted octanol–water partition coefficient (Wildman–Crippen LogP) is -0.504. The van der Waals surface area contributed by atoms with Crippen LogP contribution in [0.2, 0.25) is 0 Å². The van der Waals surface area contributed by atoms with Gasteiger partial charge >= 0.3 is 0 Å². The molecular weight excluding hydrogens is 196 g/mol. The molecule has 0 aromatic rings. The molecule has 2 amide bonds. The number of β-amino-alcohol motifs (C(OH)–C–C–N with tert-alkyl or cyclic N) is 1. The molecule has 0 spiro atoms. The Morgan fingerprint density at radius 2 is 2.00 bits per heavy atom. The summed E-state index contributed by atoms with van der Waals surface area (Å²) in [5.74, 6) is -0.343. The number of carbonyl (C=O) groups excluding carboxylic acids is 2. The Labute approximate surface area is 89.4 Å². The smallest absolute Gasteiger partial charge is 0.229 e. The van der Waals surface area contributed by atoms with Crippen molar-refractivity contribution < 1.29 is 14.7 Å². The molecule has 1 atom stereocenters. The van der Waals surface area contributed by atoms with Gasteiger partial charge in [-0.2, -0.15) is 0 Å². The van der Waals surface area contributed by atoms with Crippen molar-refractivity contribution in [3.05, 3.63) is 0 Å². The van der Waals surface area contributed by atoms with E-state index in [1.165, 1.54) is 0 Å². The van der Waals surface area contributed by atoms with Gasteiger partial charge in [-0.1, -0.05) is 6.92 Å². The van der Waals surface area contributed by atoms with Crippen LogP contribution >= 0.6 is 0 Å². The van der Waals surface area contributed by atoms with E-state index in [0.717, 1.165) is 17.9 Å². The molecule has 2 N–H and O–H groups in total. The molecule has 1 heterocycles.